The largest absolute Gasteiger partial charge is 0.371 e. The molecule has 0 atom stereocenters. The Bertz CT molecular complexity index is 899. The van der Waals surface area contributed by atoms with E-state index in [9.17, 15) is 4.79 Å². The molecule has 0 aliphatic carbocycles. The van der Waals surface area contributed by atoms with E-state index in [0.29, 0.717) is 5.75 Å². The van der Waals surface area contributed by atoms with Gasteiger partial charge >= 0.3 is 0 Å². The van der Waals surface area contributed by atoms with Crippen molar-refractivity contribution in [3.63, 3.8) is 0 Å². The van der Waals surface area contributed by atoms with E-state index in [-0.39, 0.29) is 5.91 Å². The molecule has 0 bridgehead atoms. The summed E-state index contributed by atoms with van der Waals surface area (Å²) in [4.78, 5) is 19.3. The highest BCUT2D eigenvalue weighted by Gasteiger charge is 2.15. The number of thioether (sulfide) groups is 1. The van der Waals surface area contributed by atoms with Gasteiger partial charge < -0.3 is 10.2 Å². The highest BCUT2D eigenvalue weighted by Crippen LogP contribution is 2.30. The lowest BCUT2D eigenvalue weighted by atomic mass is 10.1. The summed E-state index contributed by atoms with van der Waals surface area (Å²) in [5.41, 5.74) is 4.35. The lowest BCUT2D eigenvalue weighted by Crippen LogP contribution is -2.19. The summed E-state index contributed by atoms with van der Waals surface area (Å²) in [7, 11) is 0. The van der Waals surface area contributed by atoms with Gasteiger partial charge in [-0.1, -0.05) is 23.9 Å². The molecule has 26 heavy (non-hydrogen) atoms. The molecule has 1 saturated heterocycles. The molecule has 0 unspecified atom stereocenters. The van der Waals surface area contributed by atoms with Crippen molar-refractivity contribution in [2.45, 2.75) is 24.1 Å². The van der Waals surface area contributed by atoms with Crippen LogP contribution in [0.25, 0.3) is 10.2 Å². The number of amides is 1. The molecule has 2 aromatic carbocycles. The van der Waals surface area contributed by atoms with Crippen LogP contribution in [0.5, 0.6) is 0 Å². The van der Waals surface area contributed by atoms with Crippen LogP contribution in [0.15, 0.2) is 46.8 Å². The van der Waals surface area contributed by atoms with Crippen molar-refractivity contribution in [2.24, 2.45) is 0 Å². The van der Waals surface area contributed by atoms with E-state index in [1.165, 1.54) is 35.9 Å². The molecule has 1 aliphatic heterocycles. The number of anilines is 2. The molecular weight excluding hydrogens is 362 g/mol. The molecule has 1 aromatic heterocycles. The highest BCUT2D eigenvalue weighted by atomic mass is 32.2. The van der Waals surface area contributed by atoms with Crippen LogP contribution in [0.4, 0.5) is 11.4 Å². The fourth-order valence-corrected chi connectivity index (χ4v) is 5.15. The van der Waals surface area contributed by atoms with E-state index in [1.54, 1.807) is 11.3 Å². The minimum absolute atomic E-state index is 0.00239. The molecule has 1 N–H and O–H groups in total. The van der Waals surface area contributed by atoms with E-state index in [2.05, 4.69) is 40.3 Å². The number of benzene rings is 2. The second-order valence-corrected chi connectivity index (χ2v) is 8.73. The Morgan fingerprint density at radius 3 is 2.81 bits per heavy atom. The molecule has 6 heteroatoms. The van der Waals surface area contributed by atoms with Gasteiger partial charge in [0.1, 0.15) is 0 Å². The minimum Gasteiger partial charge on any atom is -0.371 e. The maximum Gasteiger partial charge on any atom is 0.234 e. The summed E-state index contributed by atoms with van der Waals surface area (Å²) in [6.45, 7) is 4.37. The maximum atomic E-state index is 12.3. The Balaban J connectivity index is 1.36. The summed E-state index contributed by atoms with van der Waals surface area (Å²) in [6.07, 6.45) is 2.53. The van der Waals surface area contributed by atoms with Crippen molar-refractivity contribution in [2.75, 3.05) is 29.1 Å². The van der Waals surface area contributed by atoms with Crippen LogP contribution < -0.4 is 10.2 Å². The molecule has 0 radical (unpaired) electrons. The summed E-state index contributed by atoms with van der Waals surface area (Å²) < 4.78 is 2.09. The SMILES string of the molecule is Cc1cc(NC(=O)CSc2nc3ccccc3s2)ccc1N1CCCC1. The Morgan fingerprint density at radius 2 is 2.04 bits per heavy atom. The van der Waals surface area contributed by atoms with Gasteiger partial charge in [0.05, 0.1) is 16.0 Å². The summed E-state index contributed by atoms with van der Waals surface area (Å²) in [6, 6.07) is 14.2. The average molecular weight is 384 g/mol. The molecule has 1 aliphatic rings. The lowest BCUT2D eigenvalue weighted by molar-refractivity contribution is -0.113. The molecule has 1 amide bonds. The smallest absolute Gasteiger partial charge is 0.234 e. The number of aromatic nitrogens is 1. The van der Waals surface area contributed by atoms with E-state index in [1.807, 2.05) is 24.3 Å². The van der Waals surface area contributed by atoms with Crippen LogP contribution in [0.1, 0.15) is 18.4 Å². The van der Waals surface area contributed by atoms with Crippen LogP contribution in [-0.4, -0.2) is 29.7 Å². The third-order valence-corrected chi connectivity index (χ3v) is 6.71. The van der Waals surface area contributed by atoms with Gasteiger partial charge in [-0.25, -0.2) is 4.98 Å². The first-order valence-corrected chi connectivity index (χ1v) is 10.6. The van der Waals surface area contributed by atoms with E-state index >= 15 is 0 Å². The number of hydrogen-bond acceptors (Lipinski definition) is 5. The Hall–Kier alpha value is -2.05. The van der Waals surface area contributed by atoms with Crippen LogP contribution in [-0.2, 0) is 4.79 Å². The molecule has 2 heterocycles. The number of fused-ring (bicyclic) bond motifs is 1. The third-order valence-electron chi connectivity index (χ3n) is 4.53. The first kappa shape index (κ1) is 17.4. The Morgan fingerprint density at radius 1 is 1.23 bits per heavy atom. The normalized spacial score (nSPS) is 14.1. The average Bonchev–Trinajstić information content (AvgIpc) is 3.29. The molecule has 0 saturated carbocycles. The van der Waals surface area contributed by atoms with Gasteiger partial charge in [0.2, 0.25) is 5.91 Å². The van der Waals surface area contributed by atoms with Gasteiger partial charge in [0.25, 0.3) is 0 Å². The van der Waals surface area contributed by atoms with Crippen molar-refractivity contribution in [3.8, 4) is 0 Å². The minimum atomic E-state index is 0.00239. The monoisotopic (exact) mass is 383 g/mol. The van der Waals surface area contributed by atoms with Gasteiger partial charge in [0, 0.05) is 24.5 Å². The molecule has 4 rings (SSSR count). The Kier molecular flexibility index (Phi) is 5.13. The van der Waals surface area contributed by atoms with Crippen molar-refractivity contribution < 1.29 is 4.79 Å². The topological polar surface area (TPSA) is 45.2 Å². The zero-order valence-corrected chi connectivity index (χ0v) is 16.3. The number of aryl methyl sites for hydroxylation is 1. The van der Waals surface area contributed by atoms with E-state index in [0.717, 1.165) is 33.3 Å². The summed E-state index contributed by atoms with van der Waals surface area (Å²) >= 11 is 3.12. The quantitative estimate of drug-likeness (QED) is 0.634. The second kappa shape index (κ2) is 7.68. The Labute approximate surface area is 161 Å². The number of para-hydroxylation sites is 1. The van der Waals surface area contributed by atoms with E-state index < -0.39 is 0 Å². The molecular formula is C20H21N3OS2. The number of nitrogens with one attached hydrogen (secondary N) is 1. The van der Waals surface area contributed by atoms with E-state index in [4.69, 9.17) is 0 Å². The molecule has 1 fully saturated rings. The van der Waals surface area contributed by atoms with Crippen LogP contribution >= 0.6 is 23.1 Å². The number of carbonyl (C=O) groups excluding carboxylic acids is 1. The second-order valence-electron chi connectivity index (χ2n) is 6.48. The summed E-state index contributed by atoms with van der Waals surface area (Å²) in [5, 5.41) is 3.00. The zero-order chi connectivity index (χ0) is 17.9. The first-order chi connectivity index (χ1) is 12.7. The van der Waals surface area contributed by atoms with Gasteiger partial charge in [-0.3, -0.25) is 4.79 Å². The number of nitrogens with zero attached hydrogens (tertiary/aromatic N) is 2. The predicted octanol–water partition coefficient (Wildman–Crippen LogP) is 4.94. The molecule has 3 aromatic rings. The van der Waals surface area contributed by atoms with Crippen molar-refractivity contribution in [1.29, 1.82) is 0 Å². The van der Waals surface area contributed by atoms with Crippen LogP contribution in [0.2, 0.25) is 0 Å². The fourth-order valence-electron chi connectivity index (χ4n) is 3.28. The van der Waals surface area contributed by atoms with Gasteiger partial charge in [0.15, 0.2) is 4.34 Å². The van der Waals surface area contributed by atoms with Crippen molar-refractivity contribution in [3.05, 3.63) is 48.0 Å². The van der Waals surface area contributed by atoms with Crippen molar-refractivity contribution >= 4 is 50.6 Å². The number of rotatable bonds is 5. The van der Waals surface area contributed by atoms with Gasteiger partial charge in [-0.2, -0.15) is 0 Å². The van der Waals surface area contributed by atoms with Gasteiger partial charge in [-0.05, 0) is 55.7 Å². The maximum absolute atomic E-state index is 12.3. The highest BCUT2D eigenvalue weighted by molar-refractivity contribution is 8.01. The number of thiazole rings is 1. The van der Waals surface area contributed by atoms with Gasteiger partial charge in [-0.15, -0.1) is 11.3 Å². The zero-order valence-electron chi connectivity index (χ0n) is 14.7. The first-order valence-electron chi connectivity index (χ1n) is 8.83. The number of hydrogen-bond donors (Lipinski definition) is 1. The standard InChI is InChI=1S/C20H21N3OS2/c1-14-12-15(8-9-17(14)23-10-4-5-11-23)21-19(24)13-25-20-22-16-6-2-3-7-18(16)26-20/h2-3,6-9,12H,4-5,10-11,13H2,1H3,(H,21,24). The lowest BCUT2D eigenvalue weighted by Gasteiger charge is -2.20. The van der Waals surface area contributed by atoms with Crippen LogP contribution in [0.3, 0.4) is 0 Å². The molecule has 134 valence electrons. The molecule has 4 nitrogen and oxygen atoms in total. The van der Waals surface area contributed by atoms with Crippen molar-refractivity contribution in [1.82, 2.24) is 4.98 Å². The predicted molar refractivity (Wildman–Crippen MR) is 112 cm³/mol. The number of carbonyl (C=O) groups is 1. The summed E-state index contributed by atoms with van der Waals surface area (Å²) in [5.74, 6) is 0.370. The van der Waals surface area contributed by atoms with Crippen LogP contribution in [0, 0.1) is 6.92 Å². The fraction of sp³-hybridized carbons (Fsp3) is 0.300. The third kappa shape index (κ3) is 3.86. The molecule has 0 spiro atoms.